The summed E-state index contributed by atoms with van der Waals surface area (Å²) in [5, 5.41) is 9.94. The van der Waals surface area contributed by atoms with E-state index in [2.05, 4.69) is 15.9 Å². The van der Waals surface area contributed by atoms with E-state index < -0.39 is 23.6 Å². The third-order valence-electron chi connectivity index (χ3n) is 2.26. The van der Waals surface area contributed by atoms with Gasteiger partial charge in [0.05, 0.1) is 0 Å². The molecule has 0 fully saturated rings. The summed E-state index contributed by atoms with van der Waals surface area (Å²) in [5.41, 5.74) is -0.0724. The minimum Gasteiger partial charge on any atom is -0.383 e. The smallest absolute Gasteiger partial charge is 0.194 e. The van der Waals surface area contributed by atoms with Crippen molar-refractivity contribution in [3.05, 3.63) is 54.9 Å². The van der Waals surface area contributed by atoms with Gasteiger partial charge in [0.1, 0.15) is 10.4 Å². The molecule has 1 atom stereocenters. The first kappa shape index (κ1) is 13.9. The molecule has 1 unspecified atom stereocenters. The van der Waals surface area contributed by atoms with Crippen LogP contribution in [0.3, 0.4) is 0 Å². The third-order valence-corrected chi connectivity index (χ3v) is 4.78. The maximum atomic E-state index is 13.0. The number of rotatable bonds is 2. The molecule has 18 heavy (non-hydrogen) atoms. The second kappa shape index (κ2) is 5.21. The minimum absolute atomic E-state index is 0.0724. The van der Waals surface area contributed by atoms with Crippen LogP contribution in [0.25, 0.3) is 0 Å². The first-order valence-electron chi connectivity index (χ1n) is 4.67. The van der Waals surface area contributed by atoms with Crippen LogP contribution in [-0.4, -0.2) is 5.11 Å². The second-order valence-electron chi connectivity index (χ2n) is 3.47. The van der Waals surface area contributed by atoms with E-state index >= 15 is 0 Å². The average molecular weight is 358 g/mol. The lowest BCUT2D eigenvalue weighted by Gasteiger charge is -2.09. The van der Waals surface area contributed by atoms with Crippen molar-refractivity contribution in [3.8, 4) is 0 Å². The number of thiophene rings is 1. The van der Waals surface area contributed by atoms with Crippen molar-refractivity contribution in [3.63, 3.8) is 0 Å². The molecule has 0 saturated carbocycles. The van der Waals surface area contributed by atoms with Crippen LogP contribution in [0, 0.1) is 17.5 Å². The Balaban J connectivity index is 2.42. The van der Waals surface area contributed by atoms with Crippen LogP contribution in [0.5, 0.6) is 0 Å². The number of aliphatic hydroxyl groups excluding tert-OH is 1. The molecule has 0 aliphatic carbocycles. The van der Waals surface area contributed by atoms with Crippen LogP contribution in [0.15, 0.2) is 22.7 Å². The molecular weight excluding hydrogens is 353 g/mol. The molecule has 1 aromatic heterocycles. The normalized spacial score (nSPS) is 12.8. The zero-order valence-corrected chi connectivity index (χ0v) is 11.7. The Bertz CT molecular complexity index is 559. The molecule has 2 aromatic rings. The van der Waals surface area contributed by atoms with Crippen molar-refractivity contribution in [1.29, 1.82) is 0 Å². The van der Waals surface area contributed by atoms with Gasteiger partial charge in [0.2, 0.25) is 0 Å². The Morgan fingerprint density at radius 3 is 2.17 bits per heavy atom. The first-order valence-corrected chi connectivity index (χ1v) is 6.66. The Labute approximate surface area is 118 Å². The average Bonchev–Trinajstić information content (AvgIpc) is 2.65. The van der Waals surface area contributed by atoms with E-state index in [1.807, 2.05) is 0 Å². The molecule has 0 bridgehead atoms. The predicted octanol–water partition coefficient (Wildman–Crippen LogP) is 4.66. The van der Waals surface area contributed by atoms with Crippen molar-refractivity contribution >= 4 is 38.9 Å². The molecule has 7 heteroatoms. The second-order valence-corrected chi connectivity index (χ2v) is 6.01. The highest BCUT2D eigenvalue weighted by molar-refractivity contribution is 9.10. The van der Waals surface area contributed by atoms with Gasteiger partial charge in [0.15, 0.2) is 17.5 Å². The lowest BCUT2D eigenvalue weighted by Crippen LogP contribution is -2.01. The van der Waals surface area contributed by atoms with Gasteiger partial charge in [0, 0.05) is 9.35 Å². The summed E-state index contributed by atoms with van der Waals surface area (Å²) in [4.78, 5) is 0.400. The summed E-state index contributed by atoms with van der Waals surface area (Å²) < 4.78 is 39.9. The number of hydrogen-bond acceptors (Lipinski definition) is 2. The quantitative estimate of drug-likeness (QED) is 0.775. The zero-order valence-electron chi connectivity index (χ0n) is 8.55. The maximum Gasteiger partial charge on any atom is 0.194 e. The number of aliphatic hydroxyl groups is 1. The molecule has 0 amide bonds. The molecule has 2 rings (SSSR count). The van der Waals surface area contributed by atoms with Crippen molar-refractivity contribution in [2.45, 2.75) is 6.10 Å². The van der Waals surface area contributed by atoms with Crippen LogP contribution in [0.1, 0.15) is 16.5 Å². The fraction of sp³-hybridized carbons (Fsp3) is 0.0909. The summed E-state index contributed by atoms with van der Waals surface area (Å²) in [6.45, 7) is 0. The molecule has 1 nitrogen and oxygen atoms in total. The molecule has 0 aliphatic heterocycles. The van der Waals surface area contributed by atoms with Gasteiger partial charge in [0.25, 0.3) is 0 Å². The molecule has 0 saturated heterocycles. The molecule has 0 spiro atoms. The van der Waals surface area contributed by atoms with E-state index in [1.54, 1.807) is 0 Å². The molecule has 0 aliphatic rings. The molecule has 0 radical (unpaired) electrons. The molecule has 1 N–H and O–H groups in total. The molecular formula is C11H5BrClF3OS. The topological polar surface area (TPSA) is 20.2 Å². The lowest BCUT2D eigenvalue weighted by atomic mass is 10.1. The Morgan fingerprint density at radius 2 is 1.72 bits per heavy atom. The third kappa shape index (κ3) is 2.56. The highest BCUT2D eigenvalue weighted by atomic mass is 79.9. The predicted molar refractivity (Wildman–Crippen MR) is 67.4 cm³/mol. The van der Waals surface area contributed by atoms with Gasteiger partial charge >= 0.3 is 0 Å². The molecule has 1 aromatic carbocycles. The van der Waals surface area contributed by atoms with Gasteiger partial charge in [-0.25, -0.2) is 13.2 Å². The standard InChI is InChI=1S/C11H5BrClF3OS/c12-5-3-8(18-11(5)13)10(17)4-1-6(14)9(16)7(15)2-4/h1-3,10,17H. The van der Waals surface area contributed by atoms with Gasteiger partial charge in [-0.1, -0.05) is 11.6 Å². The van der Waals surface area contributed by atoms with Gasteiger partial charge in [-0.3, -0.25) is 0 Å². The van der Waals surface area contributed by atoms with E-state index in [1.165, 1.54) is 6.07 Å². The monoisotopic (exact) mass is 356 g/mol. The summed E-state index contributed by atoms with van der Waals surface area (Å²) in [6.07, 6.45) is -1.26. The van der Waals surface area contributed by atoms with Crippen molar-refractivity contribution < 1.29 is 18.3 Å². The van der Waals surface area contributed by atoms with Gasteiger partial charge < -0.3 is 5.11 Å². The van der Waals surface area contributed by atoms with E-state index in [4.69, 9.17) is 11.6 Å². The number of benzene rings is 1. The zero-order chi connectivity index (χ0) is 13.4. The maximum absolute atomic E-state index is 13.0. The van der Waals surface area contributed by atoms with Crippen molar-refractivity contribution in [2.75, 3.05) is 0 Å². The van der Waals surface area contributed by atoms with Crippen molar-refractivity contribution in [1.82, 2.24) is 0 Å². The Morgan fingerprint density at radius 1 is 1.17 bits per heavy atom. The largest absolute Gasteiger partial charge is 0.383 e. The van der Waals surface area contributed by atoms with Crippen molar-refractivity contribution in [2.24, 2.45) is 0 Å². The Hall–Kier alpha value is -0.560. The van der Waals surface area contributed by atoms with Gasteiger partial charge in [-0.2, -0.15) is 0 Å². The van der Waals surface area contributed by atoms with Crippen LogP contribution in [0.2, 0.25) is 4.34 Å². The first-order chi connectivity index (χ1) is 8.40. The minimum atomic E-state index is -1.56. The van der Waals surface area contributed by atoms with E-state index in [0.717, 1.165) is 23.5 Å². The van der Waals surface area contributed by atoms with E-state index in [0.29, 0.717) is 13.7 Å². The van der Waals surface area contributed by atoms with Gasteiger partial charge in [-0.15, -0.1) is 11.3 Å². The Kier molecular flexibility index (Phi) is 4.01. The van der Waals surface area contributed by atoms with Crippen LogP contribution >= 0.6 is 38.9 Å². The van der Waals surface area contributed by atoms with Gasteiger partial charge in [-0.05, 0) is 39.7 Å². The summed E-state index contributed by atoms with van der Waals surface area (Å²) in [7, 11) is 0. The SMILES string of the molecule is OC(c1cc(F)c(F)c(F)c1)c1cc(Br)c(Cl)s1. The number of hydrogen-bond donors (Lipinski definition) is 1. The fourth-order valence-corrected chi connectivity index (χ4v) is 3.15. The lowest BCUT2D eigenvalue weighted by molar-refractivity contribution is 0.222. The highest BCUT2D eigenvalue weighted by Gasteiger charge is 2.19. The van der Waals surface area contributed by atoms with Crippen LogP contribution < -0.4 is 0 Å². The molecule has 1 heterocycles. The fourth-order valence-electron chi connectivity index (χ4n) is 1.40. The van der Waals surface area contributed by atoms with Crippen LogP contribution in [0.4, 0.5) is 13.2 Å². The van der Waals surface area contributed by atoms with Crippen LogP contribution in [-0.2, 0) is 0 Å². The number of halogens is 5. The summed E-state index contributed by atoms with van der Waals surface area (Å²) >= 11 is 10.0. The molecule has 96 valence electrons. The summed E-state index contributed by atoms with van der Waals surface area (Å²) in [6, 6.07) is 3.05. The van der Waals surface area contributed by atoms with E-state index in [9.17, 15) is 18.3 Å². The summed E-state index contributed by atoms with van der Waals surface area (Å²) in [5.74, 6) is -4.24. The highest BCUT2D eigenvalue weighted by Crippen LogP contribution is 2.37. The van der Waals surface area contributed by atoms with E-state index in [-0.39, 0.29) is 5.56 Å².